The van der Waals surface area contributed by atoms with Crippen molar-refractivity contribution in [2.75, 3.05) is 13.2 Å². The van der Waals surface area contributed by atoms with Gasteiger partial charge in [0.25, 0.3) is 0 Å². The molecule has 0 aliphatic rings. The summed E-state index contributed by atoms with van der Waals surface area (Å²) >= 11 is 0. The van der Waals surface area contributed by atoms with Crippen molar-refractivity contribution in [2.24, 2.45) is 0 Å². The zero-order chi connectivity index (χ0) is 24.5. The van der Waals surface area contributed by atoms with Gasteiger partial charge >= 0.3 is 0 Å². The maximum atomic E-state index is 15.3. The third-order valence-electron chi connectivity index (χ3n) is 5.77. The van der Waals surface area contributed by atoms with E-state index >= 15 is 4.57 Å². The van der Waals surface area contributed by atoms with E-state index in [1.165, 1.54) is 0 Å². The zero-order valence-electron chi connectivity index (χ0n) is 19.6. The molecular formula is C31H29O3P. The highest BCUT2D eigenvalue weighted by atomic mass is 31.2. The van der Waals surface area contributed by atoms with Crippen molar-refractivity contribution in [1.82, 2.24) is 0 Å². The topological polar surface area (TPSA) is 35.5 Å². The molecule has 0 heterocycles. The summed E-state index contributed by atoms with van der Waals surface area (Å²) in [6.07, 6.45) is 3.43. The Morgan fingerprint density at radius 2 is 0.971 bits per heavy atom. The van der Waals surface area contributed by atoms with Crippen molar-refractivity contribution in [2.45, 2.75) is 5.66 Å². The predicted octanol–water partition coefficient (Wildman–Crippen LogP) is 6.92. The molecule has 0 bridgehead atoms. The largest absolute Gasteiger partial charge is 0.490 e. The first-order chi connectivity index (χ1) is 17.2. The Morgan fingerprint density at radius 3 is 1.31 bits per heavy atom. The minimum absolute atomic E-state index is 0.394. The first-order valence-electron chi connectivity index (χ1n) is 11.5. The summed E-state index contributed by atoms with van der Waals surface area (Å²) < 4.78 is 26.7. The molecule has 0 saturated heterocycles. The third kappa shape index (κ3) is 5.48. The highest BCUT2D eigenvalue weighted by Gasteiger charge is 2.38. The standard InChI is InChI=1S/C31H29O3P/c1-3-23-33-27-19-15-25(16-20-27)31(26-17-21-28(22-18-26)34-24-4-2)35(32,29-11-7-5-8-12-29)30-13-9-6-10-14-30/h3-22,31H,1-2,23-24H2. The molecule has 0 fully saturated rings. The Morgan fingerprint density at radius 1 is 0.600 bits per heavy atom. The molecule has 4 heteroatoms. The average molecular weight is 481 g/mol. The molecule has 3 nitrogen and oxygen atoms in total. The Balaban J connectivity index is 1.89. The van der Waals surface area contributed by atoms with Crippen LogP contribution in [0.1, 0.15) is 16.8 Å². The molecule has 0 atom stereocenters. The van der Waals surface area contributed by atoms with Crippen molar-refractivity contribution in [3.8, 4) is 11.5 Å². The molecule has 0 spiro atoms. The summed E-state index contributed by atoms with van der Waals surface area (Å²) in [6, 6.07) is 35.2. The van der Waals surface area contributed by atoms with Crippen LogP contribution in [0, 0.1) is 0 Å². The third-order valence-corrected chi connectivity index (χ3v) is 9.22. The van der Waals surface area contributed by atoms with Gasteiger partial charge in [-0.25, -0.2) is 0 Å². The minimum Gasteiger partial charge on any atom is -0.490 e. The van der Waals surface area contributed by atoms with E-state index in [-0.39, 0.29) is 0 Å². The lowest BCUT2D eigenvalue weighted by molar-refractivity contribution is 0.363. The second-order valence-electron chi connectivity index (χ2n) is 8.07. The molecule has 176 valence electrons. The Labute approximate surface area is 207 Å². The molecule has 0 aliphatic heterocycles. The van der Waals surface area contributed by atoms with E-state index in [0.29, 0.717) is 13.2 Å². The van der Waals surface area contributed by atoms with Gasteiger partial charge in [0.15, 0.2) is 7.14 Å². The monoisotopic (exact) mass is 480 g/mol. The molecule has 0 unspecified atom stereocenters. The van der Waals surface area contributed by atoms with Crippen LogP contribution in [0.5, 0.6) is 11.5 Å². The predicted molar refractivity (Wildman–Crippen MR) is 146 cm³/mol. The number of rotatable bonds is 11. The normalized spacial score (nSPS) is 11.1. The SMILES string of the molecule is C=CCOc1ccc(C(c2ccc(OCC=C)cc2)P(=O)(c2ccccc2)c2ccccc2)cc1. The number of hydrogen-bond donors (Lipinski definition) is 0. The van der Waals surface area contributed by atoms with E-state index < -0.39 is 12.8 Å². The van der Waals surface area contributed by atoms with Crippen molar-refractivity contribution in [1.29, 1.82) is 0 Å². The van der Waals surface area contributed by atoms with E-state index in [9.17, 15) is 0 Å². The average Bonchev–Trinajstić information content (AvgIpc) is 2.93. The van der Waals surface area contributed by atoms with Crippen LogP contribution in [0.4, 0.5) is 0 Å². The molecule has 0 radical (unpaired) electrons. The summed E-state index contributed by atoms with van der Waals surface area (Å²) in [4.78, 5) is 0. The lowest BCUT2D eigenvalue weighted by atomic mass is 10.0. The van der Waals surface area contributed by atoms with E-state index in [4.69, 9.17) is 9.47 Å². The van der Waals surface area contributed by atoms with Crippen LogP contribution in [0.15, 0.2) is 135 Å². The Hall–Kier alpha value is -3.81. The summed E-state index contributed by atoms with van der Waals surface area (Å²) in [7, 11) is -3.16. The van der Waals surface area contributed by atoms with Gasteiger partial charge in [-0.2, -0.15) is 0 Å². The van der Waals surface area contributed by atoms with Gasteiger partial charge in [-0.1, -0.05) is 110 Å². The van der Waals surface area contributed by atoms with Crippen molar-refractivity contribution in [3.63, 3.8) is 0 Å². The highest BCUT2D eigenvalue weighted by Crippen LogP contribution is 2.60. The molecule has 35 heavy (non-hydrogen) atoms. The molecule has 0 amide bonds. The van der Waals surface area contributed by atoms with Crippen molar-refractivity contribution in [3.05, 3.63) is 146 Å². The molecular weight excluding hydrogens is 451 g/mol. The van der Waals surface area contributed by atoms with Gasteiger partial charge in [0, 0.05) is 10.6 Å². The van der Waals surface area contributed by atoms with Crippen LogP contribution in [0.2, 0.25) is 0 Å². The summed E-state index contributed by atoms with van der Waals surface area (Å²) in [5.74, 6) is 1.49. The Kier molecular flexibility index (Phi) is 8.03. The fraction of sp³-hybridized carbons (Fsp3) is 0.0968. The number of ether oxygens (including phenoxy) is 2. The zero-order valence-corrected chi connectivity index (χ0v) is 20.5. The van der Waals surface area contributed by atoms with Gasteiger partial charge in [0.1, 0.15) is 24.7 Å². The number of benzene rings is 4. The van der Waals surface area contributed by atoms with Crippen LogP contribution in [0.3, 0.4) is 0 Å². The van der Waals surface area contributed by atoms with E-state index in [1.807, 2.05) is 109 Å². The van der Waals surface area contributed by atoms with Gasteiger partial charge in [-0.3, -0.25) is 0 Å². The second kappa shape index (κ2) is 11.6. The Bertz CT molecular complexity index is 1180. The van der Waals surface area contributed by atoms with Gasteiger partial charge < -0.3 is 14.0 Å². The van der Waals surface area contributed by atoms with E-state index in [2.05, 4.69) is 13.2 Å². The molecule has 0 aromatic heterocycles. The van der Waals surface area contributed by atoms with Crippen molar-refractivity contribution >= 4 is 17.8 Å². The highest BCUT2D eigenvalue weighted by molar-refractivity contribution is 7.79. The van der Waals surface area contributed by atoms with Gasteiger partial charge in [0.05, 0.1) is 5.66 Å². The molecule has 4 aromatic rings. The van der Waals surface area contributed by atoms with Crippen LogP contribution in [-0.4, -0.2) is 13.2 Å². The maximum absolute atomic E-state index is 15.3. The van der Waals surface area contributed by atoms with Crippen LogP contribution in [0.25, 0.3) is 0 Å². The lowest BCUT2D eigenvalue weighted by Gasteiger charge is -2.30. The smallest absolute Gasteiger partial charge is 0.154 e. The quantitative estimate of drug-likeness (QED) is 0.173. The van der Waals surface area contributed by atoms with E-state index in [1.54, 1.807) is 12.2 Å². The molecule has 0 saturated carbocycles. The molecule has 4 rings (SSSR count). The first kappa shape index (κ1) is 24.3. The van der Waals surface area contributed by atoms with E-state index in [0.717, 1.165) is 33.2 Å². The minimum atomic E-state index is -3.16. The van der Waals surface area contributed by atoms with Gasteiger partial charge in [-0.15, -0.1) is 0 Å². The van der Waals surface area contributed by atoms with Gasteiger partial charge in [-0.05, 0) is 35.4 Å². The maximum Gasteiger partial charge on any atom is 0.154 e. The second-order valence-corrected chi connectivity index (χ2v) is 10.9. The number of hydrogen-bond acceptors (Lipinski definition) is 3. The summed E-state index contributed by atoms with van der Waals surface area (Å²) in [5, 5.41) is 1.63. The van der Waals surface area contributed by atoms with Crippen molar-refractivity contribution < 1.29 is 14.0 Å². The molecule has 0 N–H and O–H groups in total. The van der Waals surface area contributed by atoms with Gasteiger partial charge in [0.2, 0.25) is 0 Å². The summed E-state index contributed by atoms with van der Waals surface area (Å²) in [6.45, 7) is 8.28. The van der Waals surface area contributed by atoms with Crippen LogP contribution < -0.4 is 20.1 Å². The molecule has 0 aliphatic carbocycles. The molecule has 4 aromatic carbocycles. The lowest BCUT2D eigenvalue weighted by Crippen LogP contribution is -2.22. The summed E-state index contributed by atoms with van der Waals surface area (Å²) in [5.41, 5.74) is 1.51. The fourth-order valence-electron chi connectivity index (χ4n) is 4.16. The van der Waals surface area contributed by atoms with Crippen LogP contribution >= 0.6 is 7.14 Å². The van der Waals surface area contributed by atoms with Crippen LogP contribution in [-0.2, 0) is 4.57 Å². The first-order valence-corrected chi connectivity index (χ1v) is 13.3. The fourth-order valence-corrected chi connectivity index (χ4v) is 7.47.